The fourth-order valence-electron chi connectivity index (χ4n) is 3.92. The maximum absolute atomic E-state index is 13.5. The summed E-state index contributed by atoms with van der Waals surface area (Å²) in [7, 11) is 3.64. The third-order valence-corrected chi connectivity index (χ3v) is 5.62. The van der Waals surface area contributed by atoms with E-state index in [1.165, 1.54) is 6.20 Å². The summed E-state index contributed by atoms with van der Waals surface area (Å²) in [5.41, 5.74) is 3.28. The molecule has 1 aliphatic heterocycles. The van der Waals surface area contributed by atoms with E-state index in [-0.39, 0.29) is 11.8 Å². The lowest BCUT2D eigenvalue weighted by molar-refractivity contribution is 0.0984. The smallest absolute Gasteiger partial charge is 0.260 e. The molecule has 174 valence electrons. The second-order valence-electron chi connectivity index (χ2n) is 8.20. The Balaban J connectivity index is 1.39. The second-order valence-corrected chi connectivity index (χ2v) is 8.20. The Kier molecular flexibility index (Phi) is 5.80. The van der Waals surface area contributed by atoms with Crippen molar-refractivity contribution in [2.24, 2.45) is 0 Å². The molecule has 2 amide bonds. The molecular formula is C26H23N7O2. The molecule has 0 atom stereocenters. The number of nitrogens with one attached hydrogen (secondary N) is 2. The number of para-hydroxylation sites is 2. The quantitative estimate of drug-likeness (QED) is 0.468. The molecule has 1 aromatic carbocycles. The number of pyridine rings is 3. The molecule has 0 fully saturated rings. The molecule has 0 unspecified atom stereocenters. The number of aromatic nitrogens is 3. The molecule has 0 spiro atoms. The van der Waals surface area contributed by atoms with Crippen molar-refractivity contribution in [3.05, 3.63) is 95.9 Å². The minimum atomic E-state index is -0.329. The standard InChI is InChI=1S/C26H23N7O2/c1-32(2)24-19(8-6-14-28-24)25(34)31-22-12-11-17(15-29-22)26(35)33-16-18-7-5-13-27-23(18)30-20-9-3-4-10-21(20)33/h3-15H,16H2,1-2H3,(H,27,30)(H,29,31,34). The van der Waals surface area contributed by atoms with Gasteiger partial charge >= 0.3 is 0 Å². The molecule has 2 N–H and O–H groups in total. The first kappa shape index (κ1) is 22.0. The zero-order valence-corrected chi connectivity index (χ0v) is 19.3. The summed E-state index contributed by atoms with van der Waals surface area (Å²) in [6, 6.07) is 18.1. The number of carbonyl (C=O) groups is 2. The monoisotopic (exact) mass is 465 g/mol. The van der Waals surface area contributed by atoms with Gasteiger partial charge in [0.25, 0.3) is 11.8 Å². The molecule has 0 saturated heterocycles. The highest BCUT2D eigenvalue weighted by Gasteiger charge is 2.25. The number of rotatable bonds is 4. The van der Waals surface area contributed by atoms with Gasteiger partial charge in [-0.25, -0.2) is 15.0 Å². The molecule has 3 aromatic heterocycles. The van der Waals surface area contributed by atoms with E-state index in [1.54, 1.807) is 46.5 Å². The van der Waals surface area contributed by atoms with Crippen LogP contribution in [0.1, 0.15) is 26.3 Å². The lowest BCUT2D eigenvalue weighted by Gasteiger charge is -2.22. The Hall–Kier alpha value is -4.79. The van der Waals surface area contributed by atoms with Crippen molar-refractivity contribution in [2.45, 2.75) is 6.54 Å². The predicted octanol–water partition coefficient (Wildman–Crippen LogP) is 4.09. The Labute approximate surface area is 202 Å². The molecule has 4 heterocycles. The van der Waals surface area contributed by atoms with Gasteiger partial charge < -0.3 is 20.4 Å². The van der Waals surface area contributed by atoms with Gasteiger partial charge in [-0.1, -0.05) is 18.2 Å². The van der Waals surface area contributed by atoms with E-state index in [0.29, 0.717) is 29.3 Å². The number of hydrogen-bond acceptors (Lipinski definition) is 7. The zero-order chi connectivity index (χ0) is 24.4. The number of fused-ring (bicyclic) bond motifs is 2. The number of anilines is 5. The van der Waals surface area contributed by atoms with Crippen LogP contribution in [0.3, 0.4) is 0 Å². The van der Waals surface area contributed by atoms with Crippen LogP contribution < -0.4 is 20.4 Å². The van der Waals surface area contributed by atoms with Crippen LogP contribution in [0.2, 0.25) is 0 Å². The summed E-state index contributed by atoms with van der Waals surface area (Å²) in [5.74, 6) is 1.08. The fraction of sp³-hybridized carbons (Fsp3) is 0.115. The van der Waals surface area contributed by atoms with Gasteiger partial charge in [-0.05, 0) is 42.5 Å². The molecule has 5 rings (SSSR count). The first-order valence-electron chi connectivity index (χ1n) is 11.0. The van der Waals surface area contributed by atoms with Crippen LogP contribution in [-0.2, 0) is 6.54 Å². The maximum Gasteiger partial charge on any atom is 0.260 e. The molecule has 0 radical (unpaired) electrons. The van der Waals surface area contributed by atoms with Crippen LogP contribution in [-0.4, -0.2) is 40.9 Å². The van der Waals surface area contributed by atoms with Crippen LogP contribution in [0.25, 0.3) is 0 Å². The molecule has 1 aliphatic rings. The van der Waals surface area contributed by atoms with E-state index in [9.17, 15) is 9.59 Å². The van der Waals surface area contributed by atoms with E-state index in [0.717, 1.165) is 22.8 Å². The summed E-state index contributed by atoms with van der Waals surface area (Å²) in [5, 5.41) is 6.10. The second kappa shape index (κ2) is 9.22. The first-order valence-corrected chi connectivity index (χ1v) is 11.0. The van der Waals surface area contributed by atoms with E-state index in [2.05, 4.69) is 25.6 Å². The molecule has 4 aromatic rings. The summed E-state index contributed by atoms with van der Waals surface area (Å²) in [6.45, 7) is 0.360. The minimum Gasteiger partial charge on any atom is -0.362 e. The average Bonchev–Trinajstić information content (AvgIpc) is 3.05. The van der Waals surface area contributed by atoms with Crippen molar-refractivity contribution < 1.29 is 9.59 Å². The molecule has 9 heteroatoms. The average molecular weight is 466 g/mol. The Bertz CT molecular complexity index is 1400. The highest BCUT2D eigenvalue weighted by molar-refractivity contribution is 6.09. The number of benzene rings is 1. The van der Waals surface area contributed by atoms with Crippen molar-refractivity contribution in [2.75, 3.05) is 34.5 Å². The van der Waals surface area contributed by atoms with Gasteiger partial charge in [-0.2, -0.15) is 0 Å². The first-order chi connectivity index (χ1) is 17.0. The summed E-state index contributed by atoms with van der Waals surface area (Å²) in [4.78, 5) is 42.8. The van der Waals surface area contributed by atoms with Gasteiger partial charge in [0.05, 0.1) is 29.0 Å². The van der Waals surface area contributed by atoms with Gasteiger partial charge in [-0.15, -0.1) is 0 Å². The SMILES string of the molecule is CN(C)c1ncccc1C(=O)Nc1ccc(C(=O)N2Cc3cccnc3Nc3ccccc32)cn1. The van der Waals surface area contributed by atoms with Crippen molar-refractivity contribution in [3.8, 4) is 0 Å². The third-order valence-electron chi connectivity index (χ3n) is 5.62. The maximum atomic E-state index is 13.5. The van der Waals surface area contributed by atoms with Crippen LogP contribution in [0.15, 0.2) is 79.3 Å². The highest BCUT2D eigenvalue weighted by Crippen LogP contribution is 2.35. The van der Waals surface area contributed by atoms with Gasteiger partial charge in [0.1, 0.15) is 17.5 Å². The topological polar surface area (TPSA) is 103 Å². The van der Waals surface area contributed by atoms with Gasteiger partial charge in [0, 0.05) is 38.2 Å². The largest absolute Gasteiger partial charge is 0.362 e. The predicted molar refractivity (Wildman–Crippen MR) is 135 cm³/mol. The van der Waals surface area contributed by atoms with Gasteiger partial charge in [-0.3, -0.25) is 9.59 Å². The van der Waals surface area contributed by atoms with Gasteiger partial charge in [0.15, 0.2) is 0 Å². The van der Waals surface area contributed by atoms with Gasteiger partial charge in [0.2, 0.25) is 0 Å². The van der Waals surface area contributed by atoms with Crippen LogP contribution in [0.4, 0.5) is 28.8 Å². The Morgan fingerprint density at radius 2 is 1.74 bits per heavy atom. The van der Waals surface area contributed by atoms with Crippen LogP contribution in [0, 0.1) is 0 Å². The van der Waals surface area contributed by atoms with Crippen molar-refractivity contribution in [1.29, 1.82) is 0 Å². The summed E-state index contributed by atoms with van der Waals surface area (Å²) in [6.07, 6.45) is 4.82. The lowest BCUT2D eigenvalue weighted by atomic mass is 10.1. The number of nitrogens with zero attached hydrogens (tertiary/aromatic N) is 5. The fourth-order valence-corrected chi connectivity index (χ4v) is 3.92. The van der Waals surface area contributed by atoms with E-state index < -0.39 is 0 Å². The highest BCUT2D eigenvalue weighted by atomic mass is 16.2. The van der Waals surface area contributed by atoms with Crippen molar-refractivity contribution in [1.82, 2.24) is 15.0 Å². The van der Waals surface area contributed by atoms with Crippen molar-refractivity contribution >= 4 is 40.6 Å². The molecular weight excluding hydrogens is 442 g/mol. The summed E-state index contributed by atoms with van der Waals surface area (Å²) >= 11 is 0. The lowest BCUT2D eigenvalue weighted by Crippen LogP contribution is -2.30. The number of amides is 2. The van der Waals surface area contributed by atoms with Crippen molar-refractivity contribution in [3.63, 3.8) is 0 Å². The zero-order valence-electron chi connectivity index (χ0n) is 19.3. The van der Waals surface area contributed by atoms with Crippen LogP contribution in [0.5, 0.6) is 0 Å². The Morgan fingerprint density at radius 3 is 2.54 bits per heavy atom. The molecule has 0 bridgehead atoms. The molecule has 0 aliphatic carbocycles. The van der Waals surface area contributed by atoms with E-state index >= 15 is 0 Å². The molecule has 9 nitrogen and oxygen atoms in total. The third kappa shape index (κ3) is 4.39. The van der Waals surface area contributed by atoms with E-state index in [4.69, 9.17) is 0 Å². The summed E-state index contributed by atoms with van der Waals surface area (Å²) < 4.78 is 0. The number of carbonyl (C=O) groups excluding carboxylic acids is 2. The Morgan fingerprint density at radius 1 is 0.943 bits per heavy atom. The normalized spacial score (nSPS) is 12.0. The molecule has 35 heavy (non-hydrogen) atoms. The minimum absolute atomic E-state index is 0.205. The van der Waals surface area contributed by atoms with Crippen LogP contribution >= 0.6 is 0 Å². The number of hydrogen-bond donors (Lipinski definition) is 2. The molecule has 0 saturated carbocycles. The van der Waals surface area contributed by atoms with E-state index in [1.807, 2.05) is 50.5 Å².